The lowest BCUT2D eigenvalue weighted by Crippen LogP contribution is -2.36. The van der Waals surface area contributed by atoms with Crippen molar-refractivity contribution in [3.63, 3.8) is 0 Å². The molecule has 2 aliphatic heterocycles. The summed E-state index contributed by atoms with van der Waals surface area (Å²) in [7, 11) is 3.90. The molecule has 4 aliphatic rings. The van der Waals surface area contributed by atoms with Gasteiger partial charge in [0.25, 0.3) is 0 Å². The number of ketones is 1. The molecule has 0 aromatic heterocycles. The molecule has 1 fully saturated rings. The number of aliphatic hydroxyl groups excluding tert-OH is 1. The number of nitrogens with one attached hydrogen (secondary N) is 1. The molecule has 1 saturated heterocycles. The fraction of sp³-hybridized carbons (Fsp3) is 0.444. The predicted molar refractivity (Wildman–Crippen MR) is 184 cm³/mol. The molecule has 254 valence electrons. The smallest absolute Gasteiger partial charge is 0.246 e. The zero-order valence-electron chi connectivity index (χ0n) is 28.8. The van der Waals surface area contributed by atoms with E-state index in [2.05, 4.69) is 61.7 Å². The summed E-state index contributed by atoms with van der Waals surface area (Å²) in [5.41, 5.74) is 14.6. The number of hydrogen-bond acceptors (Lipinski definition) is 8. The Morgan fingerprint density at radius 3 is 2.08 bits per heavy atom. The van der Waals surface area contributed by atoms with E-state index in [0.717, 1.165) is 22.5 Å². The van der Waals surface area contributed by atoms with Crippen molar-refractivity contribution in [1.29, 1.82) is 0 Å². The Kier molecular flexibility index (Phi) is 8.52. The minimum Gasteiger partial charge on any atom is -0.506 e. The molecule has 0 radical (unpaired) electrons. The Morgan fingerprint density at radius 2 is 1.48 bits per heavy atom. The molecule has 12 nitrogen and oxygen atoms in total. The van der Waals surface area contributed by atoms with Crippen LogP contribution in [-0.4, -0.2) is 71.3 Å². The number of amides is 4. The highest BCUT2D eigenvalue weighted by Gasteiger charge is 2.47. The van der Waals surface area contributed by atoms with E-state index in [4.69, 9.17) is 11.5 Å². The van der Waals surface area contributed by atoms with Crippen molar-refractivity contribution in [2.24, 2.45) is 21.9 Å². The van der Waals surface area contributed by atoms with Gasteiger partial charge in [0.1, 0.15) is 5.76 Å². The van der Waals surface area contributed by atoms with Gasteiger partial charge in [0.15, 0.2) is 0 Å². The van der Waals surface area contributed by atoms with Gasteiger partial charge in [-0.1, -0.05) is 27.7 Å². The Balaban J connectivity index is 1.69. The van der Waals surface area contributed by atoms with E-state index < -0.39 is 29.4 Å². The molecule has 5 rings (SSSR count). The number of carbonyl (C=O) groups excluding carboxylic acids is 5. The van der Waals surface area contributed by atoms with Gasteiger partial charge in [0.2, 0.25) is 29.4 Å². The summed E-state index contributed by atoms with van der Waals surface area (Å²) < 4.78 is 0. The maximum Gasteiger partial charge on any atom is 0.246 e. The molecule has 0 saturated carbocycles. The summed E-state index contributed by atoms with van der Waals surface area (Å²) in [6, 6.07) is 3.80. The second-order valence-corrected chi connectivity index (χ2v) is 14.2. The van der Waals surface area contributed by atoms with Crippen LogP contribution < -0.4 is 21.7 Å². The monoisotopic (exact) mass is 656 g/mol. The largest absolute Gasteiger partial charge is 0.506 e. The summed E-state index contributed by atoms with van der Waals surface area (Å²) in [6.45, 7) is 12.5. The van der Waals surface area contributed by atoms with Crippen LogP contribution in [0.2, 0.25) is 0 Å². The van der Waals surface area contributed by atoms with Crippen molar-refractivity contribution < 1.29 is 29.1 Å². The first-order chi connectivity index (χ1) is 22.3. The number of rotatable bonds is 8. The van der Waals surface area contributed by atoms with Gasteiger partial charge < -0.3 is 31.7 Å². The minimum absolute atomic E-state index is 0.00325. The number of anilines is 2. The predicted octanol–water partition coefficient (Wildman–Crippen LogP) is 3.57. The van der Waals surface area contributed by atoms with Gasteiger partial charge in [-0.15, -0.1) is 0 Å². The number of Topliss-reactive ketones (excluding diaryl/α,β-unsaturated/α-hetero) is 1. The number of aliphatic hydroxyl groups is 1. The molecule has 1 aromatic rings. The average molecular weight is 657 g/mol. The average Bonchev–Trinajstić information content (AvgIpc) is 3.28. The summed E-state index contributed by atoms with van der Waals surface area (Å²) in [5, 5.41) is 14.6. The maximum atomic E-state index is 14.2. The van der Waals surface area contributed by atoms with E-state index in [-0.39, 0.29) is 71.2 Å². The van der Waals surface area contributed by atoms with Crippen molar-refractivity contribution >= 4 is 52.1 Å². The summed E-state index contributed by atoms with van der Waals surface area (Å²) in [4.78, 5) is 71.1. The van der Waals surface area contributed by atoms with E-state index in [1.807, 2.05) is 26.2 Å². The third kappa shape index (κ3) is 5.52. The quantitative estimate of drug-likeness (QED) is 0.306. The van der Waals surface area contributed by atoms with Gasteiger partial charge in [0, 0.05) is 85.2 Å². The summed E-state index contributed by atoms with van der Waals surface area (Å²) >= 11 is 0. The van der Waals surface area contributed by atoms with Crippen LogP contribution in [0.5, 0.6) is 0 Å². The van der Waals surface area contributed by atoms with Crippen LogP contribution in [0, 0.1) is 5.41 Å². The summed E-state index contributed by atoms with van der Waals surface area (Å²) in [6.07, 6.45) is 2.89. The number of fused-ring (bicyclic) bond motifs is 2. The number of nitrogens with zero attached hydrogens (tertiary/aromatic N) is 3. The van der Waals surface area contributed by atoms with Gasteiger partial charge in [-0.25, -0.2) is 4.99 Å². The SMILES string of the molecule is CC1N(C)C2=CC(=NC(=O)CCC(N)=O)/C(=C3\C(=O)C(c4cc5c(cc4NC(=O)CCC(N)=O)N(C)C(C)C5(C)C)=C3O)C=C2C1(C)C. The standard InChI is InChI=1S/C36H44N6O6/c1-17-35(3,4)21-13-19(23(15-25(21)41(17)7)39-29(45)11-9-27(37)43)31-33(47)32(34(31)48)20-14-22-26(42(8)18(2)36(22,5)6)16-24(20)40-30(46)12-10-28(38)44/h13-18,47H,9-12H2,1-8H3,(H2,37,43)(H2,38,44)(H,39,45)/b32-20-,40-24?. The van der Waals surface area contributed by atoms with Crippen LogP contribution in [0.4, 0.5) is 11.4 Å². The maximum absolute atomic E-state index is 14.2. The number of allylic oxidation sites excluding steroid dienone is 6. The van der Waals surface area contributed by atoms with Crippen LogP contribution >= 0.6 is 0 Å². The molecule has 2 heterocycles. The minimum atomic E-state index is -0.632. The Bertz CT molecular complexity index is 1840. The van der Waals surface area contributed by atoms with Gasteiger partial charge in [0.05, 0.1) is 22.5 Å². The van der Waals surface area contributed by atoms with E-state index in [9.17, 15) is 29.1 Å². The lowest BCUT2D eigenvalue weighted by Gasteiger charge is -2.30. The number of aliphatic imine (C=N–C) groups is 1. The van der Waals surface area contributed by atoms with E-state index in [1.165, 1.54) is 0 Å². The van der Waals surface area contributed by atoms with Gasteiger partial charge >= 0.3 is 0 Å². The highest BCUT2D eigenvalue weighted by atomic mass is 16.3. The summed E-state index contributed by atoms with van der Waals surface area (Å²) in [5.74, 6) is -3.06. The Labute approximate surface area is 280 Å². The highest BCUT2D eigenvalue weighted by Crippen LogP contribution is 2.52. The van der Waals surface area contributed by atoms with Crippen molar-refractivity contribution in [2.45, 2.75) is 84.7 Å². The van der Waals surface area contributed by atoms with Crippen molar-refractivity contribution in [2.75, 3.05) is 24.3 Å². The molecule has 48 heavy (non-hydrogen) atoms. The molecule has 1 aromatic carbocycles. The first kappa shape index (κ1) is 34.3. The molecule has 2 aliphatic carbocycles. The van der Waals surface area contributed by atoms with E-state index in [0.29, 0.717) is 16.8 Å². The molecule has 4 amide bonds. The molecule has 0 bridgehead atoms. The first-order valence-corrected chi connectivity index (χ1v) is 16.1. The molecule has 12 heteroatoms. The van der Waals surface area contributed by atoms with Crippen LogP contribution in [0.1, 0.15) is 78.4 Å². The number of nitrogens with two attached hydrogens (primary N) is 2. The van der Waals surface area contributed by atoms with Crippen molar-refractivity contribution in [1.82, 2.24) is 4.90 Å². The number of likely N-dealkylation sites (tertiary alicyclic amines) is 1. The van der Waals surface area contributed by atoms with Crippen LogP contribution in [0.3, 0.4) is 0 Å². The lowest BCUT2D eigenvalue weighted by atomic mass is 9.73. The van der Waals surface area contributed by atoms with E-state index in [1.54, 1.807) is 12.1 Å². The molecular weight excluding hydrogens is 612 g/mol. The van der Waals surface area contributed by atoms with Crippen molar-refractivity contribution in [3.05, 3.63) is 63.6 Å². The second kappa shape index (κ2) is 11.9. The van der Waals surface area contributed by atoms with Crippen LogP contribution in [0.15, 0.2) is 57.5 Å². The zero-order chi connectivity index (χ0) is 35.6. The molecule has 0 spiro atoms. The number of benzene rings is 1. The zero-order valence-corrected chi connectivity index (χ0v) is 28.8. The first-order valence-electron chi connectivity index (χ1n) is 16.1. The van der Waals surface area contributed by atoms with Gasteiger partial charge in [-0.05, 0) is 49.3 Å². The Hall–Kier alpha value is -5.00. The number of likely N-dealkylation sites (N-methyl/N-ethyl adjacent to an activating group) is 2. The molecule has 2 unspecified atom stereocenters. The third-order valence-electron chi connectivity index (χ3n) is 10.8. The number of carbonyl (C=O) groups is 5. The second-order valence-electron chi connectivity index (χ2n) is 14.2. The Morgan fingerprint density at radius 1 is 0.875 bits per heavy atom. The lowest BCUT2D eigenvalue weighted by molar-refractivity contribution is -0.123. The fourth-order valence-corrected chi connectivity index (χ4v) is 6.99. The van der Waals surface area contributed by atoms with E-state index >= 15 is 0 Å². The molecular formula is C36H44N6O6. The highest BCUT2D eigenvalue weighted by molar-refractivity contribution is 6.42. The molecule has 6 N–H and O–H groups in total. The molecule has 2 atom stereocenters. The topological polar surface area (TPSA) is 188 Å². The van der Waals surface area contributed by atoms with Gasteiger partial charge in [-0.2, -0.15) is 0 Å². The number of primary amides is 2. The fourth-order valence-electron chi connectivity index (χ4n) is 6.99. The van der Waals surface area contributed by atoms with Crippen LogP contribution in [0.25, 0.3) is 5.57 Å². The van der Waals surface area contributed by atoms with Crippen LogP contribution in [-0.2, 0) is 29.4 Å². The number of hydrogen-bond donors (Lipinski definition) is 4. The van der Waals surface area contributed by atoms with Crippen molar-refractivity contribution in [3.8, 4) is 0 Å². The third-order valence-corrected chi connectivity index (χ3v) is 10.8. The normalized spacial score (nSPS) is 24.6. The van der Waals surface area contributed by atoms with Gasteiger partial charge in [-0.3, -0.25) is 24.0 Å².